The summed E-state index contributed by atoms with van der Waals surface area (Å²) in [5.41, 5.74) is 1.20. The number of benzene rings is 1. The van der Waals surface area contributed by atoms with Crippen LogP contribution in [0.5, 0.6) is 0 Å². The lowest BCUT2D eigenvalue weighted by molar-refractivity contribution is -0.143. The molecule has 1 N–H and O–H groups in total. The maximum absolute atomic E-state index is 11.2. The van der Waals surface area contributed by atoms with E-state index >= 15 is 0 Å². The van der Waals surface area contributed by atoms with Crippen LogP contribution in [0.2, 0.25) is 0 Å². The molecule has 2 rings (SSSR count). The van der Waals surface area contributed by atoms with Gasteiger partial charge in [-0.1, -0.05) is 42.5 Å². The molecule has 0 bridgehead atoms. The van der Waals surface area contributed by atoms with Crippen molar-refractivity contribution in [2.45, 2.75) is 18.9 Å². The van der Waals surface area contributed by atoms with Crippen molar-refractivity contribution in [2.24, 2.45) is 0 Å². The van der Waals surface area contributed by atoms with Crippen LogP contribution in [0.1, 0.15) is 12.0 Å². The average molecular weight is 231 g/mol. The molecule has 1 aliphatic heterocycles. The number of carboxylic acid groups (broad SMARTS) is 1. The van der Waals surface area contributed by atoms with Gasteiger partial charge >= 0.3 is 5.97 Å². The highest BCUT2D eigenvalue weighted by molar-refractivity contribution is 5.73. The van der Waals surface area contributed by atoms with Gasteiger partial charge in [-0.3, -0.25) is 9.69 Å². The molecule has 0 aromatic heterocycles. The summed E-state index contributed by atoms with van der Waals surface area (Å²) in [5, 5.41) is 9.24. The number of hydrogen-bond donors (Lipinski definition) is 1. The highest BCUT2D eigenvalue weighted by Gasteiger charge is 2.25. The number of hydrogen-bond acceptors (Lipinski definition) is 2. The summed E-state index contributed by atoms with van der Waals surface area (Å²) in [6, 6.07) is 9.67. The first-order valence-electron chi connectivity index (χ1n) is 5.93. The number of carboxylic acids is 1. The molecule has 1 atom stereocenters. The van der Waals surface area contributed by atoms with E-state index in [0.29, 0.717) is 6.42 Å². The van der Waals surface area contributed by atoms with Crippen molar-refractivity contribution in [3.8, 4) is 0 Å². The topological polar surface area (TPSA) is 40.5 Å². The van der Waals surface area contributed by atoms with Crippen LogP contribution in [0, 0.1) is 0 Å². The molecular formula is C14H17NO2. The number of carbonyl (C=O) groups is 1. The van der Waals surface area contributed by atoms with Crippen molar-refractivity contribution < 1.29 is 9.90 Å². The molecule has 1 aliphatic rings. The average Bonchev–Trinajstić information content (AvgIpc) is 2.84. The second-order valence-corrected chi connectivity index (χ2v) is 4.30. The Balaban J connectivity index is 1.92. The molecule has 3 heteroatoms. The van der Waals surface area contributed by atoms with Crippen LogP contribution in [-0.2, 0) is 11.2 Å². The normalized spacial score (nSPS) is 17.2. The first-order chi connectivity index (χ1) is 8.27. The van der Waals surface area contributed by atoms with Gasteiger partial charge in [0.25, 0.3) is 0 Å². The standard InChI is InChI=1S/C14H17NO2/c16-14(17)13(15-10-4-5-11-15)9-8-12-6-2-1-3-7-12/h1-7,13H,8-11H2,(H,16,17). The fourth-order valence-electron chi connectivity index (χ4n) is 2.16. The van der Waals surface area contributed by atoms with Crippen molar-refractivity contribution in [3.63, 3.8) is 0 Å². The van der Waals surface area contributed by atoms with Crippen molar-refractivity contribution in [1.82, 2.24) is 4.90 Å². The van der Waals surface area contributed by atoms with Crippen molar-refractivity contribution in [2.75, 3.05) is 13.1 Å². The van der Waals surface area contributed by atoms with E-state index in [1.54, 1.807) is 0 Å². The molecule has 90 valence electrons. The molecule has 17 heavy (non-hydrogen) atoms. The number of nitrogens with zero attached hydrogens (tertiary/aromatic N) is 1. The second-order valence-electron chi connectivity index (χ2n) is 4.30. The Kier molecular flexibility index (Phi) is 3.94. The van der Waals surface area contributed by atoms with Gasteiger partial charge in [0.1, 0.15) is 6.04 Å². The molecule has 0 amide bonds. The summed E-state index contributed by atoms with van der Waals surface area (Å²) in [4.78, 5) is 13.2. The zero-order valence-corrected chi connectivity index (χ0v) is 9.75. The van der Waals surface area contributed by atoms with E-state index in [4.69, 9.17) is 0 Å². The summed E-state index contributed by atoms with van der Waals surface area (Å²) in [5.74, 6) is -0.718. The molecule has 1 aromatic carbocycles. The lowest BCUT2D eigenvalue weighted by atomic mass is 10.0. The van der Waals surface area contributed by atoms with E-state index in [-0.39, 0.29) is 6.04 Å². The van der Waals surface area contributed by atoms with Crippen LogP contribution in [0.3, 0.4) is 0 Å². The van der Waals surface area contributed by atoms with Crippen LogP contribution in [-0.4, -0.2) is 35.1 Å². The molecule has 0 saturated carbocycles. The SMILES string of the molecule is O=C(O)C(CCc1ccccc1)N1CC=CC1. The van der Waals surface area contributed by atoms with Crippen LogP contribution in [0.4, 0.5) is 0 Å². The lowest BCUT2D eigenvalue weighted by Gasteiger charge is -2.23. The fraction of sp³-hybridized carbons (Fsp3) is 0.357. The van der Waals surface area contributed by atoms with Gasteiger partial charge in [0.15, 0.2) is 0 Å². The molecule has 1 aromatic rings. The largest absolute Gasteiger partial charge is 0.480 e. The van der Waals surface area contributed by atoms with E-state index in [1.165, 1.54) is 5.56 Å². The fourth-order valence-corrected chi connectivity index (χ4v) is 2.16. The summed E-state index contributed by atoms with van der Waals surface area (Å²) in [6.07, 6.45) is 5.53. The quantitative estimate of drug-likeness (QED) is 0.787. The maximum atomic E-state index is 11.2. The first-order valence-corrected chi connectivity index (χ1v) is 5.93. The summed E-state index contributed by atoms with van der Waals surface area (Å²) in [6.45, 7) is 1.51. The van der Waals surface area contributed by atoms with Gasteiger partial charge in [0.2, 0.25) is 0 Å². The van der Waals surface area contributed by atoms with Crippen LogP contribution in [0.15, 0.2) is 42.5 Å². The lowest BCUT2D eigenvalue weighted by Crippen LogP contribution is -2.39. The number of aryl methyl sites for hydroxylation is 1. The molecule has 0 fully saturated rings. The predicted octanol–water partition coefficient (Wildman–Crippen LogP) is 1.94. The number of rotatable bonds is 5. The van der Waals surface area contributed by atoms with Gasteiger partial charge in [-0.05, 0) is 18.4 Å². The first kappa shape index (κ1) is 11.9. The Morgan fingerprint density at radius 3 is 2.47 bits per heavy atom. The van der Waals surface area contributed by atoms with Crippen molar-refractivity contribution in [1.29, 1.82) is 0 Å². The molecule has 3 nitrogen and oxygen atoms in total. The van der Waals surface area contributed by atoms with E-state index in [0.717, 1.165) is 19.5 Å². The zero-order chi connectivity index (χ0) is 12.1. The Bertz CT molecular complexity index is 392. The Labute approximate surface area is 101 Å². The minimum atomic E-state index is -0.718. The van der Waals surface area contributed by atoms with Crippen molar-refractivity contribution in [3.05, 3.63) is 48.0 Å². The highest BCUT2D eigenvalue weighted by atomic mass is 16.4. The van der Waals surface area contributed by atoms with Gasteiger partial charge in [-0.2, -0.15) is 0 Å². The van der Waals surface area contributed by atoms with E-state index in [2.05, 4.69) is 0 Å². The summed E-state index contributed by atoms with van der Waals surface area (Å²) < 4.78 is 0. The third-order valence-electron chi connectivity index (χ3n) is 3.12. The Morgan fingerprint density at radius 1 is 1.24 bits per heavy atom. The molecule has 1 unspecified atom stereocenters. The molecule has 0 spiro atoms. The third kappa shape index (κ3) is 3.17. The second kappa shape index (κ2) is 5.64. The summed E-state index contributed by atoms with van der Waals surface area (Å²) in [7, 11) is 0. The summed E-state index contributed by atoms with van der Waals surface area (Å²) >= 11 is 0. The van der Waals surface area contributed by atoms with Gasteiger partial charge in [-0.15, -0.1) is 0 Å². The highest BCUT2D eigenvalue weighted by Crippen LogP contribution is 2.13. The van der Waals surface area contributed by atoms with Gasteiger partial charge in [0.05, 0.1) is 0 Å². The van der Waals surface area contributed by atoms with E-state index < -0.39 is 5.97 Å². The molecule has 0 radical (unpaired) electrons. The minimum Gasteiger partial charge on any atom is -0.480 e. The molecule has 0 saturated heterocycles. The molecular weight excluding hydrogens is 214 g/mol. The van der Waals surface area contributed by atoms with Crippen LogP contribution < -0.4 is 0 Å². The third-order valence-corrected chi connectivity index (χ3v) is 3.12. The van der Waals surface area contributed by atoms with Crippen LogP contribution >= 0.6 is 0 Å². The van der Waals surface area contributed by atoms with Gasteiger partial charge in [0, 0.05) is 13.1 Å². The van der Waals surface area contributed by atoms with E-state index in [9.17, 15) is 9.90 Å². The zero-order valence-electron chi connectivity index (χ0n) is 9.75. The van der Waals surface area contributed by atoms with Crippen LogP contribution in [0.25, 0.3) is 0 Å². The smallest absolute Gasteiger partial charge is 0.320 e. The number of aliphatic carboxylic acids is 1. The predicted molar refractivity (Wildman–Crippen MR) is 66.9 cm³/mol. The van der Waals surface area contributed by atoms with E-state index in [1.807, 2.05) is 47.4 Å². The van der Waals surface area contributed by atoms with Gasteiger partial charge in [-0.25, -0.2) is 0 Å². The van der Waals surface area contributed by atoms with Crippen molar-refractivity contribution >= 4 is 5.97 Å². The minimum absolute atomic E-state index is 0.370. The monoisotopic (exact) mass is 231 g/mol. The molecule has 1 heterocycles. The Hall–Kier alpha value is -1.61. The maximum Gasteiger partial charge on any atom is 0.320 e. The van der Waals surface area contributed by atoms with Gasteiger partial charge < -0.3 is 5.11 Å². The molecule has 0 aliphatic carbocycles. The Morgan fingerprint density at radius 2 is 1.88 bits per heavy atom.